The molecule has 0 aromatic heterocycles. The molecule has 2 saturated heterocycles. The molecule has 4 aliphatic rings. The summed E-state index contributed by atoms with van der Waals surface area (Å²) in [5.74, 6) is 0.616. The van der Waals surface area contributed by atoms with Crippen molar-refractivity contribution < 1.29 is 19.4 Å². The van der Waals surface area contributed by atoms with Crippen molar-refractivity contribution in [2.24, 2.45) is 5.41 Å². The van der Waals surface area contributed by atoms with Crippen LogP contribution < -0.4 is 4.74 Å². The van der Waals surface area contributed by atoms with Crippen molar-refractivity contribution in [2.45, 2.75) is 38.5 Å². The fraction of sp³-hybridized carbons (Fsp3) is 0.552. The molecule has 2 aromatic rings. The van der Waals surface area contributed by atoms with Crippen LogP contribution in [-0.4, -0.2) is 90.9 Å². The van der Waals surface area contributed by atoms with Gasteiger partial charge in [0, 0.05) is 38.1 Å². The van der Waals surface area contributed by atoms with Gasteiger partial charge in [0.2, 0.25) is 0 Å². The summed E-state index contributed by atoms with van der Waals surface area (Å²) in [5, 5.41) is 10.9. The van der Waals surface area contributed by atoms with E-state index in [2.05, 4.69) is 40.1 Å². The van der Waals surface area contributed by atoms with Crippen LogP contribution in [0.25, 0.3) is 0 Å². The molecule has 1 unspecified atom stereocenters. The van der Waals surface area contributed by atoms with Crippen LogP contribution in [0.5, 0.6) is 5.75 Å². The Labute approximate surface area is 213 Å². The third kappa shape index (κ3) is 5.02. The van der Waals surface area contributed by atoms with Crippen molar-refractivity contribution in [1.29, 1.82) is 0 Å². The zero-order chi connectivity index (χ0) is 24.5. The van der Waals surface area contributed by atoms with E-state index in [0.29, 0.717) is 43.0 Å². The van der Waals surface area contributed by atoms with Gasteiger partial charge in [0.15, 0.2) is 0 Å². The molecular formula is C29H37N3O4. The number of carbonyl (C=O) groups excluding carboxylic acids is 1. The van der Waals surface area contributed by atoms with Crippen LogP contribution in [0.2, 0.25) is 0 Å². The van der Waals surface area contributed by atoms with Crippen molar-refractivity contribution in [3.05, 3.63) is 64.7 Å². The number of benzene rings is 2. The molecule has 0 aliphatic carbocycles. The monoisotopic (exact) mass is 491 g/mol. The van der Waals surface area contributed by atoms with Gasteiger partial charge in [0.25, 0.3) is 5.91 Å². The maximum absolute atomic E-state index is 13.3. The Bertz CT molecular complexity index is 1090. The summed E-state index contributed by atoms with van der Waals surface area (Å²) in [7, 11) is 0. The lowest BCUT2D eigenvalue weighted by Gasteiger charge is -2.47. The highest BCUT2D eigenvalue weighted by Crippen LogP contribution is 2.38. The molecule has 36 heavy (non-hydrogen) atoms. The molecule has 1 amide bonds. The largest absolute Gasteiger partial charge is 0.491 e. The van der Waals surface area contributed by atoms with E-state index in [9.17, 15) is 9.90 Å². The number of likely N-dealkylation sites (tertiary alicyclic amines) is 1. The number of hydrogen-bond acceptors (Lipinski definition) is 6. The maximum atomic E-state index is 13.3. The van der Waals surface area contributed by atoms with E-state index >= 15 is 0 Å². The quantitative estimate of drug-likeness (QED) is 0.670. The minimum absolute atomic E-state index is 0.0537. The maximum Gasteiger partial charge on any atom is 0.257 e. The van der Waals surface area contributed by atoms with E-state index in [1.807, 2.05) is 12.1 Å². The molecule has 2 fully saturated rings. The molecule has 7 nitrogen and oxygen atoms in total. The van der Waals surface area contributed by atoms with Crippen LogP contribution >= 0.6 is 0 Å². The van der Waals surface area contributed by atoms with Gasteiger partial charge in [0.05, 0.1) is 31.4 Å². The Morgan fingerprint density at radius 2 is 1.75 bits per heavy atom. The SMILES string of the molecule is O=C1c2ccc(CN3CCC4(CC3)COC4)cc2OCCN1CC(O)CN1CCc2ccccc2C1. The summed E-state index contributed by atoms with van der Waals surface area (Å²) in [4.78, 5) is 19.9. The summed E-state index contributed by atoms with van der Waals surface area (Å²) in [6.45, 7) is 8.50. The molecule has 2 aromatic carbocycles. The highest BCUT2D eigenvalue weighted by molar-refractivity contribution is 5.97. The third-order valence-corrected chi connectivity index (χ3v) is 8.43. The number of β-amino-alcohol motifs (C(OH)–C–C–N with tert-alkyl or cyclic N) is 1. The number of hydrogen-bond donors (Lipinski definition) is 1. The Morgan fingerprint density at radius 1 is 0.944 bits per heavy atom. The van der Waals surface area contributed by atoms with Crippen LogP contribution in [0.4, 0.5) is 0 Å². The number of nitrogens with zero attached hydrogens (tertiary/aromatic N) is 3. The molecule has 1 N–H and O–H groups in total. The third-order valence-electron chi connectivity index (χ3n) is 8.43. The fourth-order valence-electron chi connectivity index (χ4n) is 6.12. The molecule has 0 bridgehead atoms. The van der Waals surface area contributed by atoms with Gasteiger partial charge in [-0.05, 0) is 61.2 Å². The standard InChI is InChI=1S/C29H37N3O4/c33-25(18-31-10-7-23-3-1-2-4-24(23)17-31)19-32-13-14-36-27-15-22(5-6-26(27)28(32)34)16-30-11-8-29(9-12-30)20-35-21-29/h1-6,15,25,33H,7-14,16-21H2. The zero-order valence-electron chi connectivity index (χ0n) is 21.0. The van der Waals surface area contributed by atoms with Gasteiger partial charge in [-0.3, -0.25) is 14.6 Å². The summed E-state index contributed by atoms with van der Waals surface area (Å²) < 4.78 is 11.5. The van der Waals surface area contributed by atoms with Crippen LogP contribution in [0, 0.1) is 5.41 Å². The van der Waals surface area contributed by atoms with Gasteiger partial charge in [-0.25, -0.2) is 0 Å². The topological polar surface area (TPSA) is 65.5 Å². The Balaban J connectivity index is 1.05. The minimum Gasteiger partial charge on any atom is -0.491 e. The van der Waals surface area contributed by atoms with Crippen LogP contribution in [0.15, 0.2) is 42.5 Å². The van der Waals surface area contributed by atoms with Gasteiger partial charge >= 0.3 is 0 Å². The Kier molecular flexibility index (Phi) is 6.73. The number of amides is 1. The summed E-state index contributed by atoms with van der Waals surface area (Å²) in [5.41, 5.74) is 4.95. The number of fused-ring (bicyclic) bond motifs is 2. The zero-order valence-corrected chi connectivity index (χ0v) is 21.0. The lowest BCUT2D eigenvalue weighted by molar-refractivity contribution is -0.140. The van der Waals surface area contributed by atoms with E-state index in [4.69, 9.17) is 9.47 Å². The van der Waals surface area contributed by atoms with Gasteiger partial charge in [-0.1, -0.05) is 30.3 Å². The molecule has 0 saturated carbocycles. The number of aliphatic hydroxyl groups is 1. The Morgan fingerprint density at radius 3 is 2.53 bits per heavy atom. The van der Waals surface area contributed by atoms with Gasteiger partial charge in [-0.15, -0.1) is 0 Å². The van der Waals surface area contributed by atoms with Gasteiger partial charge in [-0.2, -0.15) is 0 Å². The first-order valence-corrected chi connectivity index (χ1v) is 13.4. The van der Waals surface area contributed by atoms with E-state index in [1.54, 1.807) is 4.90 Å². The first-order valence-electron chi connectivity index (χ1n) is 13.4. The number of rotatable bonds is 6. The molecule has 4 aliphatic heterocycles. The van der Waals surface area contributed by atoms with Gasteiger partial charge < -0.3 is 19.5 Å². The van der Waals surface area contributed by atoms with Crippen LogP contribution in [0.3, 0.4) is 0 Å². The first kappa shape index (κ1) is 23.9. The summed E-state index contributed by atoms with van der Waals surface area (Å²) in [6, 6.07) is 14.5. The molecule has 1 atom stereocenters. The lowest BCUT2D eigenvalue weighted by Crippen LogP contribution is -2.50. The molecule has 7 heteroatoms. The van der Waals surface area contributed by atoms with Crippen molar-refractivity contribution >= 4 is 5.91 Å². The first-order chi connectivity index (χ1) is 17.6. The normalized spacial score (nSPS) is 22.8. The second-order valence-corrected chi connectivity index (χ2v) is 11.1. The van der Waals surface area contributed by atoms with E-state index in [-0.39, 0.29) is 5.91 Å². The van der Waals surface area contributed by atoms with Crippen LogP contribution in [-0.2, 0) is 24.2 Å². The fourth-order valence-corrected chi connectivity index (χ4v) is 6.12. The predicted molar refractivity (Wildman–Crippen MR) is 137 cm³/mol. The van der Waals surface area contributed by atoms with E-state index in [1.165, 1.54) is 29.5 Å². The molecule has 192 valence electrons. The minimum atomic E-state index is -0.594. The van der Waals surface area contributed by atoms with E-state index in [0.717, 1.165) is 52.4 Å². The number of ether oxygens (including phenoxy) is 2. The number of piperidine rings is 1. The molecular weight excluding hydrogens is 454 g/mol. The molecule has 6 rings (SSSR count). The molecule has 0 radical (unpaired) electrons. The predicted octanol–water partition coefficient (Wildman–Crippen LogP) is 2.55. The van der Waals surface area contributed by atoms with Crippen LogP contribution in [0.1, 0.15) is 39.9 Å². The lowest BCUT2D eigenvalue weighted by atomic mass is 9.77. The summed E-state index contributed by atoms with van der Waals surface area (Å²) >= 11 is 0. The molecule has 4 heterocycles. The second kappa shape index (κ2) is 10.1. The number of aliphatic hydroxyl groups excluding tert-OH is 1. The second-order valence-electron chi connectivity index (χ2n) is 11.1. The average molecular weight is 492 g/mol. The molecule has 1 spiro atoms. The highest BCUT2D eigenvalue weighted by Gasteiger charge is 2.41. The van der Waals surface area contributed by atoms with Crippen molar-refractivity contribution in [1.82, 2.24) is 14.7 Å². The Hall–Kier alpha value is -2.45. The number of carbonyl (C=O) groups is 1. The van der Waals surface area contributed by atoms with Crippen molar-refractivity contribution in [3.8, 4) is 5.75 Å². The van der Waals surface area contributed by atoms with Gasteiger partial charge in [0.1, 0.15) is 12.4 Å². The summed E-state index contributed by atoms with van der Waals surface area (Å²) in [6.07, 6.45) is 2.81. The van der Waals surface area contributed by atoms with E-state index < -0.39 is 6.10 Å². The van der Waals surface area contributed by atoms with Crippen molar-refractivity contribution in [3.63, 3.8) is 0 Å². The van der Waals surface area contributed by atoms with Crippen molar-refractivity contribution in [2.75, 3.05) is 59.1 Å². The average Bonchev–Trinajstić information content (AvgIpc) is 3.02. The highest BCUT2D eigenvalue weighted by atomic mass is 16.5. The smallest absolute Gasteiger partial charge is 0.257 e.